The Kier molecular flexibility index (Phi) is 3.87. The van der Waals surface area contributed by atoms with Gasteiger partial charge in [0.25, 0.3) is 0 Å². The van der Waals surface area contributed by atoms with Gasteiger partial charge in [-0.25, -0.2) is 4.98 Å². The second-order valence-corrected chi connectivity index (χ2v) is 5.25. The molecule has 0 amide bonds. The minimum absolute atomic E-state index is 0.369. The number of nitrogens with one attached hydrogen (secondary N) is 1. The highest BCUT2D eigenvalue weighted by molar-refractivity contribution is 5.87. The zero-order valence-electron chi connectivity index (χ0n) is 11.5. The van der Waals surface area contributed by atoms with Crippen LogP contribution in [0.1, 0.15) is 13.8 Å². The Morgan fingerprint density at radius 2 is 2.11 bits per heavy atom. The van der Waals surface area contributed by atoms with Gasteiger partial charge in [0, 0.05) is 18.8 Å². The molecule has 0 radical (unpaired) electrons. The fourth-order valence-corrected chi connectivity index (χ4v) is 2.00. The lowest BCUT2D eigenvalue weighted by Crippen LogP contribution is -2.36. The molecule has 98 valence electrons. The van der Waals surface area contributed by atoms with Gasteiger partial charge in [-0.3, -0.25) is 0 Å². The second kappa shape index (κ2) is 5.40. The average Bonchev–Trinajstić information content (AvgIpc) is 2.76. The van der Waals surface area contributed by atoms with Crippen molar-refractivity contribution in [1.29, 1.82) is 0 Å². The summed E-state index contributed by atoms with van der Waals surface area (Å²) in [6, 6.07) is 4.21. The minimum Gasteiger partial charge on any atom is -0.464 e. The van der Waals surface area contributed by atoms with E-state index in [1.54, 1.807) is 12.5 Å². The molecule has 1 atom stereocenters. The van der Waals surface area contributed by atoms with Gasteiger partial charge >= 0.3 is 0 Å². The molecule has 0 aliphatic heterocycles. The molecule has 2 aromatic heterocycles. The van der Waals surface area contributed by atoms with Crippen molar-refractivity contribution in [3.8, 4) is 0 Å². The largest absolute Gasteiger partial charge is 0.464 e. The zero-order valence-corrected chi connectivity index (χ0v) is 11.5. The molecular weight excluding hydrogens is 226 g/mol. The first-order chi connectivity index (χ1) is 8.58. The maximum atomic E-state index is 5.39. The molecule has 0 aliphatic rings. The van der Waals surface area contributed by atoms with E-state index in [4.69, 9.17) is 4.42 Å². The summed E-state index contributed by atoms with van der Waals surface area (Å²) >= 11 is 0. The molecule has 0 spiro atoms. The normalized spacial score (nSPS) is 13.4. The van der Waals surface area contributed by atoms with Crippen molar-refractivity contribution in [2.75, 3.05) is 26.0 Å². The van der Waals surface area contributed by atoms with Crippen LogP contribution in [-0.2, 0) is 0 Å². The van der Waals surface area contributed by atoms with Crippen LogP contribution in [0.25, 0.3) is 11.0 Å². The molecule has 0 saturated carbocycles. The SMILES string of the molecule is CC(C)C(CN(C)C)Nc1nccc2occc12. The van der Waals surface area contributed by atoms with Gasteiger partial charge in [0.1, 0.15) is 11.4 Å². The van der Waals surface area contributed by atoms with Crippen LogP contribution in [0.4, 0.5) is 5.82 Å². The maximum Gasteiger partial charge on any atom is 0.139 e. The number of anilines is 1. The van der Waals surface area contributed by atoms with Crippen molar-refractivity contribution in [3.05, 3.63) is 24.6 Å². The van der Waals surface area contributed by atoms with E-state index in [0.29, 0.717) is 12.0 Å². The van der Waals surface area contributed by atoms with E-state index in [-0.39, 0.29) is 0 Å². The summed E-state index contributed by atoms with van der Waals surface area (Å²) in [6.07, 6.45) is 3.48. The molecule has 2 rings (SSSR count). The van der Waals surface area contributed by atoms with Crippen LogP contribution in [0.15, 0.2) is 29.0 Å². The standard InChI is InChI=1S/C14H21N3O/c1-10(2)12(9-17(3)4)16-14-11-6-8-18-13(11)5-7-15-14/h5-8,10,12H,9H2,1-4H3,(H,15,16). The fraction of sp³-hybridized carbons (Fsp3) is 0.500. The first kappa shape index (κ1) is 12.9. The van der Waals surface area contributed by atoms with Gasteiger partial charge in [0.15, 0.2) is 0 Å². The number of rotatable bonds is 5. The van der Waals surface area contributed by atoms with E-state index in [9.17, 15) is 0 Å². The van der Waals surface area contributed by atoms with E-state index < -0.39 is 0 Å². The Balaban J connectivity index is 2.22. The predicted octanol–water partition coefficient (Wildman–Crippen LogP) is 2.83. The summed E-state index contributed by atoms with van der Waals surface area (Å²) in [7, 11) is 4.17. The van der Waals surface area contributed by atoms with Crippen LogP contribution in [0, 0.1) is 5.92 Å². The number of furan rings is 1. The number of nitrogens with zero attached hydrogens (tertiary/aromatic N) is 2. The van der Waals surface area contributed by atoms with Gasteiger partial charge < -0.3 is 14.6 Å². The number of aromatic nitrogens is 1. The summed E-state index contributed by atoms with van der Waals surface area (Å²) in [4.78, 5) is 6.61. The van der Waals surface area contributed by atoms with Gasteiger partial charge in [-0.1, -0.05) is 13.8 Å². The van der Waals surface area contributed by atoms with E-state index >= 15 is 0 Å². The summed E-state index contributed by atoms with van der Waals surface area (Å²) in [5.41, 5.74) is 0.875. The third-order valence-electron chi connectivity index (χ3n) is 3.07. The lowest BCUT2D eigenvalue weighted by atomic mass is 10.0. The first-order valence-corrected chi connectivity index (χ1v) is 6.31. The summed E-state index contributed by atoms with van der Waals surface area (Å²) in [5.74, 6) is 1.44. The van der Waals surface area contributed by atoms with Gasteiger partial charge in [-0.05, 0) is 32.1 Å². The number of pyridine rings is 1. The first-order valence-electron chi connectivity index (χ1n) is 6.31. The maximum absolute atomic E-state index is 5.39. The molecule has 0 aliphatic carbocycles. The fourth-order valence-electron chi connectivity index (χ4n) is 2.00. The van der Waals surface area contributed by atoms with Crippen LogP contribution in [0.5, 0.6) is 0 Å². The average molecular weight is 247 g/mol. The van der Waals surface area contributed by atoms with Crippen LogP contribution < -0.4 is 5.32 Å². The molecule has 1 unspecified atom stereocenters. The Labute approximate surface area is 108 Å². The molecule has 2 aromatic rings. The number of hydrogen-bond donors (Lipinski definition) is 1. The van der Waals surface area contributed by atoms with Gasteiger partial charge in [-0.15, -0.1) is 0 Å². The number of likely N-dealkylation sites (N-methyl/N-ethyl adjacent to an activating group) is 1. The Morgan fingerprint density at radius 1 is 1.33 bits per heavy atom. The van der Waals surface area contributed by atoms with Crippen molar-refractivity contribution >= 4 is 16.8 Å². The third kappa shape index (κ3) is 2.82. The molecule has 4 heteroatoms. The summed E-state index contributed by atoms with van der Waals surface area (Å²) in [6.45, 7) is 5.42. The predicted molar refractivity (Wildman–Crippen MR) is 74.8 cm³/mol. The lowest BCUT2D eigenvalue weighted by Gasteiger charge is -2.26. The third-order valence-corrected chi connectivity index (χ3v) is 3.07. The van der Waals surface area contributed by atoms with E-state index in [0.717, 1.165) is 23.3 Å². The van der Waals surface area contributed by atoms with Crippen LogP contribution >= 0.6 is 0 Å². The molecule has 0 bridgehead atoms. The number of hydrogen-bond acceptors (Lipinski definition) is 4. The molecular formula is C14H21N3O. The molecule has 0 fully saturated rings. The van der Waals surface area contributed by atoms with Crippen molar-refractivity contribution in [2.45, 2.75) is 19.9 Å². The smallest absolute Gasteiger partial charge is 0.139 e. The highest BCUT2D eigenvalue weighted by Crippen LogP contribution is 2.23. The van der Waals surface area contributed by atoms with Crippen molar-refractivity contribution in [1.82, 2.24) is 9.88 Å². The van der Waals surface area contributed by atoms with E-state index in [1.807, 2.05) is 12.1 Å². The molecule has 2 heterocycles. The van der Waals surface area contributed by atoms with Gasteiger partial charge in [0.2, 0.25) is 0 Å². The van der Waals surface area contributed by atoms with E-state index in [2.05, 4.69) is 43.1 Å². The molecule has 18 heavy (non-hydrogen) atoms. The van der Waals surface area contributed by atoms with Crippen molar-refractivity contribution in [3.63, 3.8) is 0 Å². The van der Waals surface area contributed by atoms with E-state index in [1.165, 1.54) is 0 Å². The Bertz CT molecular complexity index is 504. The lowest BCUT2D eigenvalue weighted by molar-refractivity contribution is 0.344. The monoisotopic (exact) mass is 247 g/mol. The minimum atomic E-state index is 0.369. The molecule has 1 N–H and O–H groups in total. The quantitative estimate of drug-likeness (QED) is 0.882. The molecule has 0 aromatic carbocycles. The van der Waals surface area contributed by atoms with Crippen LogP contribution in [0.2, 0.25) is 0 Å². The second-order valence-electron chi connectivity index (χ2n) is 5.25. The zero-order chi connectivity index (χ0) is 13.1. The molecule has 0 saturated heterocycles. The Morgan fingerprint density at radius 3 is 2.78 bits per heavy atom. The highest BCUT2D eigenvalue weighted by Gasteiger charge is 2.16. The van der Waals surface area contributed by atoms with Crippen LogP contribution in [0.3, 0.4) is 0 Å². The topological polar surface area (TPSA) is 41.3 Å². The van der Waals surface area contributed by atoms with Crippen molar-refractivity contribution in [2.24, 2.45) is 5.92 Å². The summed E-state index contributed by atoms with van der Waals surface area (Å²) in [5, 5.41) is 4.57. The highest BCUT2D eigenvalue weighted by atomic mass is 16.3. The summed E-state index contributed by atoms with van der Waals surface area (Å²) < 4.78 is 5.39. The van der Waals surface area contributed by atoms with Crippen LogP contribution in [-0.4, -0.2) is 36.6 Å². The van der Waals surface area contributed by atoms with Gasteiger partial charge in [-0.2, -0.15) is 0 Å². The van der Waals surface area contributed by atoms with Gasteiger partial charge in [0.05, 0.1) is 11.6 Å². The molecule has 4 nitrogen and oxygen atoms in total. The van der Waals surface area contributed by atoms with Crippen molar-refractivity contribution < 1.29 is 4.42 Å². The Hall–Kier alpha value is -1.55. The number of fused-ring (bicyclic) bond motifs is 1.